The maximum absolute atomic E-state index is 14.4. The zero-order valence-electron chi connectivity index (χ0n) is 15.8. The maximum Gasteiger partial charge on any atom is 0.354 e. The number of carbonyl (C=O) groups excluding carboxylic acids is 1. The molecule has 0 spiro atoms. The third-order valence-corrected chi connectivity index (χ3v) is 7.02. The van der Waals surface area contributed by atoms with Crippen molar-refractivity contribution in [3.8, 4) is 5.88 Å². The summed E-state index contributed by atoms with van der Waals surface area (Å²) in [6.45, 7) is 1.09. The third kappa shape index (κ3) is 3.29. The summed E-state index contributed by atoms with van der Waals surface area (Å²) in [7, 11) is -3.54. The lowest BCUT2D eigenvalue weighted by atomic mass is 9.99. The molecule has 1 aromatic heterocycles. The molecule has 1 atom stereocenters. The van der Waals surface area contributed by atoms with Crippen LogP contribution in [-0.2, 0) is 29.3 Å². The Morgan fingerprint density at radius 1 is 1.34 bits per heavy atom. The van der Waals surface area contributed by atoms with Crippen molar-refractivity contribution in [1.82, 2.24) is 9.78 Å². The van der Waals surface area contributed by atoms with Crippen LogP contribution in [0.4, 0.5) is 14.9 Å². The number of anilines is 1. The Hall–Kier alpha value is -2.46. The summed E-state index contributed by atoms with van der Waals surface area (Å²) in [5, 5.41) is 12.8. The zero-order valence-corrected chi connectivity index (χ0v) is 16.6. The van der Waals surface area contributed by atoms with E-state index in [1.54, 1.807) is 4.68 Å². The van der Waals surface area contributed by atoms with Gasteiger partial charge in [0.25, 0.3) is 0 Å². The molecule has 1 fully saturated rings. The fourth-order valence-electron chi connectivity index (χ4n) is 4.16. The minimum absolute atomic E-state index is 0.110. The van der Waals surface area contributed by atoms with Crippen molar-refractivity contribution in [2.75, 3.05) is 11.9 Å². The number of benzene rings is 1. The highest BCUT2D eigenvalue weighted by atomic mass is 32.2. The highest BCUT2D eigenvalue weighted by molar-refractivity contribution is 7.91. The maximum atomic E-state index is 14.4. The van der Waals surface area contributed by atoms with Crippen molar-refractivity contribution in [2.24, 2.45) is 9.50 Å². The summed E-state index contributed by atoms with van der Waals surface area (Å²) in [5.41, 5.74) is 2.88. The third-order valence-electron chi connectivity index (χ3n) is 5.67. The molecule has 1 saturated carbocycles. The van der Waals surface area contributed by atoms with Crippen LogP contribution in [0.15, 0.2) is 21.5 Å². The highest BCUT2D eigenvalue weighted by Gasteiger charge is 2.32. The quantitative estimate of drug-likeness (QED) is 0.796. The molecule has 0 radical (unpaired) electrons. The first kappa shape index (κ1) is 18.6. The number of nitrogens with zero attached hydrogens (tertiary/aromatic N) is 3. The fourth-order valence-corrected chi connectivity index (χ4v) is 5.17. The monoisotopic (exact) mass is 419 g/mol. The van der Waals surface area contributed by atoms with Gasteiger partial charge in [-0.3, -0.25) is 0 Å². The standard InChI is InChI=1S/C19H22FN5O3S/c20-15-9-14(11-5-6-11)17(13-4-1-3-12(13)15)23-19(26)24-29(21,27)16-10-22-25-7-2-8-28-18(16)25/h9-11H,1-8H2,(H3,21,23,24,26,27)/t29-/m0/s1. The van der Waals surface area contributed by atoms with Gasteiger partial charge in [-0.2, -0.15) is 5.10 Å². The summed E-state index contributed by atoms with van der Waals surface area (Å²) >= 11 is 0. The van der Waals surface area contributed by atoms with Gasteiger partial charge in [-0.1, -0.05) is 0 Å². The second-order valence-corrected chi connectivity index (χ2v) is 9.50. The number of hydrogen-bond donors (Lipinski definition) is 2. The number of ether oxygens (including phenoxy) is 1. The molecule has 2 aromatic rings. The number of rotatable bonds is 3. The van der Waals surface area contributed by atoms with Crippen LogP contribution >= 0.6 is 0 Å². The van der Waals surface area contributed by atoms with Crippen molar-refractivity contribution in [3.63, 3.8) is 0 Å². The predicted octanol–water partition coefficient (Wildman–Crippen LogP) is 3.10. The van der Waals surface area contributed by atoms with Crippen LogP contribution in [0.3, 0.4) is 0 Å². The van der Waals surface area contributed by atoms with E-state index in [-0.39, 0.29) is 16.6 Å². The van der Waals surface area contributed by atoms with Gasteiger partial charge >= 0.3 is 6.03 Å². The van der Waals surface area contributed by atoms with E-state index in [1.807, 2.05) is 0 Å². The number of aromatic nitrogens is 2. The van der Waals surface area contributed by atoms with E-state index in [0.717, 1.165) is 36.8 Å². The molecule has 2 amide bonds. The topological polar surface area (TPSA) is 112 Å². The molecule has 2 aliphatic carbocycles. The molecule has 5 rings (SSSR count). The number of urea groups is 1. The molecule has 10 heteroatoms. The first-order valence-corrected chi connectivity index (χ1v) is 11.4. The first-order valence-electron chi connectivity index (χ1n) is 9.82. The Kier molecular flexibility index (Phi) is 4.36. The largest absolute Gasteiger partial charge is 0.477 e. The number of nitrogens with one attached hydrogen (secondary N) is 1. The second-order valence-electron chi connectivity index (χ2n) is 7.74. The number of halogens is 1. The van der Waals surface area contributed by atoms with Gasteiger partial charge < -0.3 is 10.1 Å². The van der Waals surface area contributed by atoms with Gasteiger partial charge in [-0.05, 0) is 60.8 Å². The van der Waals surface area contributed by atoms with Crippen LogP contribution in [0.2, 0.25) is 0 Å². The molecule has 0 saturated heterocycles. The van der Waals surface area contributed by atoms with Crippen LogP contribution in [0, 0.1) is 5.82 Å². The Labute approximate surface area is 167 Å². The smallest absolute Gasteiger partial charge is 0.354 e. The summed E-state index contributed by atoms with van der Waals surface area (Å²) < 4.78 is 38.3. The SMILES string of the molecule is N[S@](=O)(=NC(=O)Nc1c(C2CC2)cc(F)c2c1CCC2)c1cnn2c1OCCC2. The number of carbonyl (C=O) groups is 1. The second kappa shape index (κ2) is 6.81. The van der Waals surface area contributed by atoms with E-state index in [4.69, 9.17) is 9.88 Å². The van der Waals surface area contributed by atoms with Gasteiger partial charge in [0.2, 0.25) is 5.88 Å². The molecule has 3 N–H and O–H groups in total. The van der Waals surface area contributed by atoms with E-state index in [0.29, 0.717) is 43.1 Å². The van der Waals surface area contributed by atoms with E-state index >= 15 is 0 Å². The lowest BCUT2D eigenvalue weighted by Crippen LogP contribution is -2.21. The molecule has 0 bridgehead atoms. The molecule has 3 aliphatic rings. The van der Waals surface area contributed by atoms with E-state index in [9.17, 15) is 13.4 Å². The number of aryl methyl sites for hydroxylation is 1. The van der Waals surface area contributed by atoms with Gasteiger partial charge in [0.05, 0.1) is 12.8 Å². The molecule has 2 heterocycles. The summed E-state index contributed by atoms with van der Waals surface area (Å²) in [6, 6.07) is 0.718. The van der Waals surface area contributed by atoms with E-state index < -0.39 is 15.9 Å². The molecule has 1 aliphatic heterocycles. The normalized spacial score (nSPS) is 19.7. The fraction of sp³-hybridized carbons (Fsp3) is 0.474. The van der Waals surface area contributed by atoms with Gasteiger partial charge in [0.1, 0.15) is 10.7 Å². The number of nitrogens with two attached hydrogens (primary N) is 1. The van der Waals surface area contributed by atoms with Crippen molar-refractivity contribution in [3.05, 3.63) is 34.8 Å². The van der Waals surface area contributed by atoms with Crippen molar-refractivity contribution < 1.29 is 18.1 Å². The lowest BCUT2D eigenvalue weighted by Gasteiger charge is -2.17. The van der Waals surface area contributed by atoms with Crippen molar-refractivity contribution in [1.29, 1.82) is 0 Å². The zero-order chi connectivity index (χ0) is 20.2. The number of hydrogen-bond acceptors (Lipinski definition) is 4. The average molecular weight is 419 g/mol. The molecular formula is C19H22FN5O3S. The van der Waals surface area contributed by atoms with Gasteiger partial charge in [0.15, 0.2) is 9.92 Å². The van der Waals surface area contributed by atoms with E-state index in [2.05, 4.69) is 14.8 Å². The highest BCUT2D eigenvalue weighted by Crippen LogP contribution is 2.47. The van der Waals surface area contributed by atoms with Crippen LogP contribution in [-0.4, -0.2) is 26.6 Å². The van der Waals surface area contributed by atoms with Crippen molar-refractivity contribution >= 4 is 21.6 Å². The molecule has 8 nitrogen and oxygen atoms in total. The van der Waals surface area contributed by atoms with Crippen LogP contribution in [0.1, 0.15) is 48.3 Å². The van der Waals surface area contributed by atoms with Crippen LogP contribution in [0.5, 0.6) is 5.88 Å². The van der Waals surface area contributed by atoms with Gasteiger partial charge in [-0.25, -0.2) is 23.2 Å². The van der Waals surface area contributed by atoms with Gasteiger partial charge in [0, 0.05) is 18.7 Å². The minimum Gasteiger partial charge on any atom is -0.477 e. The average Bonchev–Trinajstić information content (AvgIpc) is 3.23. The minimum atomic E-state index is -3.54. The molecular weight excluding hydrogens is 397 g/mol. The number of fused-ring (bicyclic) bond motifs is 2. The lowest BCUT2D eigenvalue weighted by molar-refractivity contribution is 0.224. The summed E-state index contributed by atoms with van der Waals surface area (Å²) in [4.78, 5) is 12.8. The van der Waals surface area contributed by atoms with Crippen LogP contribution < -0.4 is 15.2 Å². The molecule has 29 heavy (non-hydrogen) atoms. The Bertz CT molecular complexity index is 1130. The molecule has 154 valence electrons. The van der Waals surface area contributed by atoms with Gasteiger partial charge in [-0.15, -0.1) is 4.36 Å². The molecule has 1 aromatic carbocycles. The summed E-state index contributed by atoms with van der Waals surface area (Å²) in [5.74, 6) is 0.325. The Morgan fingerprint density at radius 3 is 2.93 bits per heavy atom. The Morgan fingerprint density at radius 2 is 2.14 bits per heavy atom. The van der Waals surface area contributed by atoms with Crippen LogP contribution in [0.25, 0.3) is 0 Å². The first-order chi connectivity index (χ1) is 13.9. The predicted molar refractivity (Wildman–Crippen MR) is 105 cm³/mol. The number of amides is 2. The Balaban J connectivity index is 1.49. The molecule has 0 unspecified atom stereocenters. The summed E-state index contributed by atoms with van der Waals surface area (Å²) in [6.07, 6.45) is 6.25. The van der Waals surface area contributed by atoms with E-state index in [1.165, 1.54) is 12.3 Å². The van der Waals surface area contributed by atoms with Crippen molar-refractivity contribution in [2.45, 2.75) is 55.9 Å².